The lowest BCUT2D eigenvalue weighted by Gasteiger charge is -2.37. The lowest BCUT2D eigenvalue weighted by atomic mass is 10.1. The fourth-order valence-corrected chi connectivity index (χ4v) is 6.22. The first-order valence-corrected chi connectivity index (χ1v) is 15.0. The van der Waals surface area contributed by atoms with Crippen molar-refractivity contribution in [3.63, 3.8) is 0 Å². The first kappa shape index (κ1) is 30.8. The average Bonchev–Trinajstić information content (AvgIpc) is 2.88. The summed E-state index contributed by atoms with van der Waals surface area (Å²) in [4.78, 5) is 18.2. The molecule has 15 heteroatoms. The summed E-state index contributed by atoms with van der Waals surface area (Å²) in [7, 11) is -3.13. The third kappa shape index (κ3) is 7.75. The molecule has 0 aliphatic carbocycles. The van der Waals surface area contributed by atoms with Crippen molar-refractivity contribution in [2.45, 2.75) is 19.1 Å². The summed E-state index contributed by atoms with van der Waals surface area (Å²) in [6, 6.07) is 5.32. The van der Waals surface area contributed by atoms with Crippen molar-refractivity contribution in [1.29, 1.82) is 0 Å². The van der Waals surface area contributed by atoms with Gasteiger partial charge in [-0.15, -0.1) is 0 Å². The van der Waals surface area contributed by atoms with Gasteiger partial charge in [0.15, 0.2) is 21.5 Å². The van der Waals surface area contributed by atoms with Crippen LogP contribution >= 0.6 is 23.2 Å². The highest BCUT2D eigenvalue weighted by Crippen LogP contribution is 2.36. The first-order chi connectivity index (χ1) is 18.7. The number of benzene rings is 2. The summed E-state index contributed by atoms with van der Waals surface area (Å²) in [5, 5.41) is 2.84. The summed E-state index contributed by atoms with van der Waals surface area (Å²) in [5.41, 5.74) is 0.0701. The summed E-state index contributed by atoms with van der Waals surface area (Å²) < 4.78 is 90.9. The van der Waals surface area contributed by atoms with Gasteiger partial charge >= 0.3 is 6.18 Å². The van der Waals surface area contributed by atoms with Crippen LogP contribution < -0.4 is 10.2 Å². The first-order valence-electron chi connectivity index (χ1n) is 12.5. The largest absolute Gasteiger partial charge is 0.390 e. The average molecular weight is 629 g/mol. The van der Waals surface area contributed by atoms with Crippen LogP contribution in [0.15, 0.2) is 24.3 Å². The van der Waals surface area contributed by atoms with E-state index in [1.54, 1.807) is 9.80 Å². The molecule has 2 fully saturated rings. The number of carbonyl (C=O) groups excluding carboxylic acids is 1. The van der Waals surface area contributed by atoms with E-state index in [4.69, 9.17) is 23.2 Å². The van der Waals surface area contributed by atoms with Crippen LogP contribution in [0.4, 0.5) is 33.3 Å². The minimum Gasteiger partial charge on any atom is -0.367 e. The van der Waals surface area contributed by atoms with Crippen molar-refractivity contribution in [3.05, 3.63) is 57.1 Å². The number of nitrogens with zero attached hydrogens (tertiary/aromatic N) is 3. The number of sulfone groups is 1. The maximum Gasteiger partial charge on any atom is 0.390 e. The highest BCUT2D eigenvalue weighted by Gasteiger charge is 2.30. The van der Waals surface area contributed by atoms with Crippen molar-refractivity contribution in [2.24, 2.45) is 0 Å². The Kier molecular flexibility index (Phi) is 9.50. The van der Waals surface area contributed by atoms with E-state index in [9.17, 15) is 35.2 Å². The molecule has 2 aliphatic rings. The van der Waals surface area contributed by atoms with E-state index in [0.717, 1.165) is 6.07 Å². The predicted octanol–water partition coefficient (Wildman–Crippen LogP) is 4.83. The molecule has 2 heterocycles. The second-order valence-corrected chi connectivity index (χ2v) is 12.9. The lowest BCUT2D eigenvalue weighted by Crippen LogP contribution is -2.47. The number of anilines is 2. The van der Waals surface area contributed by atoms with Crippen LogP contribution in [-0.4, -0.2) is 87.6 Å². The van der Waals surface area contributed by atoms with Gasteiger partial charge in [0.25, 0.3) is 5.91 Å². The van der Waals surface area contributed by atoms with Gasteiger partial charge in [-0.1, -0.05) is 29.3 Å². The molecule has 2 saturated heterocycles. The van der Waals surface area contributed by atoms with Crippen LogP contribution in [-0.2, 0) is 16.4 Å². The van der Waals surface area contributed by atoms with Crippen LogP contribution in [0.5, 0.6) is 0 Å². The number of hydrogen-bond acceptors (Lipinski definition) is 6. The summed E-state index contributed by atoms with van der Waals surface area (Å²) in [6.07, 6.45) is -5.16. The molecule has 0 bridgehead atoms. The summed E-state index contributed by atoms with van der Waals surface area (Å²) in [5.74, 6) is -3.61. The molecule has 0 saturated carbocycles. The molecule has 2 aromatic rings. The molecule has 2 aliphatic heterocycles. The highest BCUT2D eigenvalue weighted by molar-refractivity contribution is 7.91. The number of nitrogens with one attached hydrogen (secondary N) is 1. The van der Waals surface area contributed by atoms with E-state index in [2.05, 4.69) is 5.32 Å². The van der Waals surface area contributed by atoms with E-state index >= 15 is 0 Å². The highest BCUT2D eigenvalue weighted by atomic mass is 35.5. The van der Waals surface area contributed by atoms with Gasteiger partial charge in [-0.25, -0.2) is 17.2 Å². The predicted molar refractivity (Wildman–Crippen MR) is 144 cm³/mol. The van der Waals surface area contributed by atoms with Crippen LogP contribution in [0.2, 0.25) is 10.0 Å². The second kappa shape index (κ2) is 12.4. The van der Waals surface area contributed by atoms with E-state index in [1.807, 2.05) is 4.90 Å². The van der Waals surface area contributed by atoms with E-state index in [0.29, 0.717) is 31.9 Å². The number of carbonyl (C=O) groups is 1. The fraction of sp³-hybridized carbons (Fsp3) is 0.480. The Bertz CT molecular complexity index is 1360. The number of piperazine rings is 1. The van der Waals surface area contributed by atoms with Crippen LogP contribution in [0, 0.1) is 11.6 Å². The maximum atomic E-state index is 15.0. The zero-order valence-corrected chi connectivity index (χ0v) is 23.5. The molecule has 0 radical (unpaired) electrons. The minimum absolute atomic E-state index is 0.00744. The molecule has 40 heavy (non-hydrogen) atoms. The van der Waals surface area contributed by atoms with Crippen LogP contribution in [0.25, 0.3) is 0 Å². The number of halogens is 7. The third-order valence-electron chi connectivity index (χ3n) is 6.95. The van der Waals surface area contributed by atoms with Crippen molar-refractivity contribution >= 4 is 50.3 Å². The summed E-state index contributed by atoms with van der Waals surface area (Å²) in [6.45, 7) is 1.63. The Morgan fingerprint density at radius 3 is 2.15 bits per heavy atom. The van der Waals surface area contributed by atoms with Gasteiger partial charge in [0.05, 0.1) is 44.9 Å². The van der Waals surface area contributed by atoms with Crippen LogP contribution in [0.3, 0.4) is 0 Å². The Morgan fingerprint density at radius 1 is 0.900 bits per heavy atom. The molecule has 4 rings (SSSR count). The standard InChI is InChI=1S/C25H27Cl2F5N4O3S/c26-18-13-20(21(14-19(18)27)36-7-5-34(6-8-36)4-3-25(30,31)32)33-24(37)17-2-1-16(22(28)23(17)29)15-35-9-11-40(38,39)12-10-35/h1-2,13-14H,3-12,15H2,(H,33,37). The molecular weight excluding hydrogens is 602 g/mol. The fourth-order valence-electron chi connectivity index (χ4n) is 4.62. The van der Waals surface area contributed by atoms with Gasteiger partial charge in [0.2, 0.25) is 0 Å². The molecular formula is C25H27Cl2F5N4O3S. The molecule has 1 N–H and O–H groups in total. The Morgan fingerprint density at radius 2 is 1.52 bits per heavy atom. The Labute approximate surface area is 238 Å². The number of amides is 1. The molecule has 0 spiro atoms. The third-order valence-corrected chi connectivity index (χ3v) is 9.28. The second-order valence-electron chi connectivity index (χ2n) is 9.76. The molecule has 0 atom stereocenters. The van der Waals surface area contributed by atoms with Crippen LogP contribution in [0.1, 0.15) is 22.3 Å². The molecule has 0 unspecified atom stereocenters. The monoisotopic (exact) mass is 628 g/mol. The van der Waals surface area contributed by atoms with Gasteiger partial charge in [-0.2, -0.15) is 13.2 Å². The SMILES string of the molecule is O=C(Nc1cc(Cl)c(Cl)cc1N1CCN(CCC(F)(F)F)CC1)c1ccc(CN2CCS(=O)(=O)CC2)c(F)c1F. The van der Waals surface area contributed by atoms with Crippen molar-refractivity contribution in [1.82, 2.24) is 9.80 Å². The minimum atomic E-state index is -4.25. The van der Waals surface area contributed by atoms with Gasteiger partial charge in [-0.05, 0) is 18.2 Å². The smallest absolute Gasteiger partial charge is 0.367 e. The van der Waals surface area contributed by atoms with Gasteiger partial charge in [0.1, 0.15) is 0 Å². The lowest BCUT2D eigenvalue weighted by molar-refractivity contribution is -0.138. The number of hydrogen-bond donors (Lipinski definition) is 1. The number of alkyl halides is 3. The molecule has 220 valence electrons. The summed E-state index contributed by atoms with van der Waals surface area (Å²) >= 11 is 12.3. The Hall–Kier alpha value is -2.19. The molecule has 1 amide bonds. The van der Waals surface area contributed by atoms with E-state index in [1.165, 1.54) is 18.2 Å². The van der Waals surface area contributed by atoms with E-state index in [-0.39, 0.29) is 59.0 Å². The van der Waals surface area contributed by atoms with E-state index < -0.39 is 45.5 Å². The molecule has 7 nitrogen and oxygen atoms in total. The normalized spacial score (nSPS) is 18.6. The zero-order chi connectivity index (χ0) is 29.2. The molecule has 0 aromatic heterocycles. The number of rotatable bonds is 7. The van der Waals surface area contributed by atoms with Gasteiger partial charge in [-0.3, -0.25) is 14.6 Å². The maximum absolute atomic E-state index is 15.0. The van der Waals surface area contributed by atoms with Gasteiger partial charge < -0.3 is 10.2 Å². The van der Waals surface area contributed by atoms with Crippen molar-refractivity contribution in [2.75, 3.05) is 67.5 Å². The van der Waals surface area contributed by atoms with Crippen molar-refractivity contribution < 1.29 is 35.2 Å². The van der Waals surface area contributed by atoms with Crippen molar-refractivity contribution in [3.8, 4) is 0 Å². The topological polar surface area (TPSA) is 73.0 Å². The van der Waals surface area contributed by atoms with Gasteiger partial charge in [0, 0.05) is 57.9 Å². The molecule has 2 aromatic carbocycles. The zero-order valence-electron chi connectivity index (χ0n) is 21.2. The quantitative estimate of drug-likeness (QED) is 0.443. The Balaban J connectivity index is 1.47.